The third kappa shape index (κ3) is 10.9. The molecule has 11 nitrogen and oxygen atoms in total. The van der Waals surface area contributed by atoms with E-state index in [9.17, 15) is 34.2 Å². The van der Waals surface area contributed by atoms with Crippen LogP contribution in [0.25, 0.3) is 0 Å². The highest BCUT2D eigenvalue weighted by Gasteiger charge is 2.31. The molecule has 0 aliphatic rings. The van der Waals surface area contributed by atoms with Crippen LogP contribution in [0.3, 0.4) is 0 Å². The van der Waals surface area contributed by atoms with Crippen molar-refractivity contribution in [1.82, 2.24) is 16.0 Å². The predicted molar refractivity (Wildman–Crippen MR) is 143 cm³/mol. The second-order valence-corrected chi connectivity index (χ2v) is 9.74. The van der Waals surface area contributed by atoms with E-state index in [2.05, 4.69) is 16.0 Å². The smallest absolute Gasteiger partial charge is 0.326 e. The summed E-state index contributed by atoms with van der Waals surface area (Å²) in [7, 11) is 0. The molecule has 11 heteroatoms. The minimum atomic E-state index is -1.52. The number of rotatable bonds is 15. The molecule has 0 saturated heterocycles. The van der Waals surface area contributed by atoms with E-state index in [-0.39, 0.29) is 25.2 Å². The molecule has 210 valence electrons. The summed E-state index contributed by atoms with van der Waals surface area (Å²) in [6.07, 6.45) is -0.405. The molecule has 0 fully saturated rings. The molecule has 0 radical (unpaired) electrons. The summed E-state index contributed by atoms with van der Waals surface area (Å²) >= 11 is 0. The summed E-state index contributed by atoms with van der Waals surface area (Å²) in [5.74, 6) is -4.98. The molecule has 0 bridgehead atoms. The maximum Gasteiger partial charge on any atom is 0.326 e. The van der Waals surface area contributed by atoms with E-state index in [0.29, 0.717) is 5.56 Å². The van der Waals surface area contributed by atoms with Crippen LogP contribution in [0.1, 0.15) is 37.8 Å². The van der Waals surface area contributed by atoms with Crippen LogP contribution in [0.4, 0.5) is 0 Å². The number of benzene rings is 2. The van der Waals surface area contributed by atoms with Crippen molar-refractivity contribution in [2.45, 2.75) is 63.7 Å². The molecule has 2 rings (SSSR count). The Labute approximate surface area is 227 Å². The summed E-state index contributed by atoms with van der Waals surface area (Å²) in [5, 5.41) is 26.2. The van der Waals surface area contributed by atoms with Gasteiger partial charge >= 0.3 is 11.9 Å². The van der Waals surface area contributed by atoms with Gasteiger partial charge in [-0.2, -0.15) is 0 Å². The van der Waals surface area contributed by atoms with Gasteiger partial charge in [0.25, 0.3) is 0 Å². The van der Waals surface area contributed by atoms with Crippen molar-refractivity contribution in [2.75, 3.05) is 0 Å². The van der Waals surface area contributed by atoms with Gasteiger partial charge in [0.2, 0.25) is 17.7 Å². The fourth-order valence-electron chi connectivity index (χ4n) is 3.92. The topological polar surface area (TPSA) is 188 Å². The minimum Gasteiger partial charge on any atom is -0.481 e. The van der Waals surface area contributed by atoms with Crippen molar-refractivity contribution in [3.05, 3.63) is 71.8 Å². The molecular weight excluding hydrogens is 504 g/mol. The van der Waals surface area contributed by atoms with Crippen LogP contribution in [-0.2, 0) is 36.8 Å². The van der Waals surface area contributed by atoms with Crippen molar-refractivity contribution < 1.29 is 34.2 Å². The first kappa shape index (κ1) is 31.0. The lowest BCUT2D eigenvalue weighted by Gasteiger charge is -2.25. The van der Waals surface area contributed by atoms with Crippen molar-refractivity contribution in [1.29, 1.82) is 0 Å². The van der Waals surface area contributed by atoms with Gasteiger partial charge in [0.05, 0.1) is 12.5 Å². The number of amides is 3. The third-order valence-electron chi connectivity index (χ3n) is 5.88. The Morgan fingerprint density at radius 2 is 1.15 bits per heavy atom. The van der Waals surface area contributed by atoms with Crippen molar-refractivity contribution in [3.8, 4) is 0 Å². The van der Waals surface area contributed by atoms with Gasteiger partial charge in [0, 0.05) is 6.42 Å². The molecule has 0 aromatic heterocycles. The van der Waals surface area contributed by atoms with Gasteiger partial charge < -0.3 is 31.9 Å². The van der Waals surface area contributed by atoms with Crippen molar-refractivity contribution >= 4 is 29.7 Å². The Hall–Kier alpha value is -4.25. The van der Waals surface area contributed by atoms with E-state index in [0.717, 1.165) is 5.56 Å². The molecule has 39 heavy (non-hydrogen) atoms. The van der Waals surface area contributed by atoms with Gasteiger partial charge in [0.1, 0.15) is 18.1 Å². The number of hydrogen-bond donors (Lipinski definition) is 6. The summed E-state index contributed by atoms with van der Waals surface area (Å²) < 4.78 is 0. The number of carboxylic acid groups (broad SMARTS) is 2. The molecule has 0 spiro atoms. The summed E-state index contributed by atoms with van der Waals surface area (Å²) in [6, 6.07) is 12.7. The second-order valence-electron chi connectivity index (χ2n) is 9.74. The molecule has 0 heterocycles. The molecule has 2 aromatic carbocycles. The number of carbonyl (C=O) groups excluding carboxylic acids is 3. The van der Waals surface area contributed by atoms with Gasteiger partial charge in [-0.05, 0) is 29.9 Å². The van der Waals surface area contributed by atoms with Crippen LogP contribution < -0.4 is 21.7 Å². The van der Waals surface area contributed by atoms with Crippen LogP contribution in [0, 0.1) is 5.92 Å². The van der Waals surface area contributed by atoms with E-state index in [1.54, 1.807) is 54.6 Å². The fourth-order valence-corrected chi connectivity index (χ4v) is 3.92. The molecule has 0 aliphatic carbocycles. The lowest BCUT2D eigenvalue weighted by atomic mass is 10.0. The Morgan fingerprint density at radius 3 is 1.64 bits per heavy atom. The average molecular weight is 541 g/mol. The highest BCUT2D eigenvalue weighted by molar-refractivity contribution is 5.95. The molecular formula is C28H36N4O7. The second kappa shape index (κ2) is 15.2. The number of carboxylic acids is 2. The molecule has 0 aliphatic heterocycles. The summed E-state index contributed by atoms with van der Waals surface area (Å²) in [6.45, 7) is 3.63. The molecule has 2 aromatic rings. The monoisotopic (exact) mass is 540 g/mol. The Bertz CT molecular complexity index is 1130. The van der Waals surface area contributed by atoms with E-state index < -0.39 is 60.2 Å². The average Bonchev–Trinajstić information content (AvgIpc) is 2.88. The van der Waals surface area contributed by atoms with Gasteiger partial charge in [-0.15, -0.1) is 0 Å². The number of nitrogens with one attached hydrogen (secondary N) is 3. The zero-order chi connectivity index (χ0) is 28.9. The van der Waals surface area contributed by atoms with E-state index in [1.165, 1.54) is 0 Å². The van der Waals surface area contributed by atoms with Crippen molar-refractivity contribution in [3.63, 3.8) is 0 Å². The normalized spacial score (nSPS) is 13.9. The molecule has 0 saturated carbocycles. The lowest BCUT2D eigenvalue weighted by Crippen LogP contribution is -2.58. The first-order valence-corrected chi connectivity index (χ1v) is 12.6. The van der Waals surface area contributed by atoms with Crippen LogP contribution in [-0.4, -0.2) is 64.0 Å². The highest BCUT2D eigenvalue weighted by atomic mass is 16.4. The van der Waals surface area contributed by atoms with Crippen molar-refractivity contribution in [2.24, 2.45) is 11.7 Å². The lowest BCUT2D eigenvalue weighted by molar-refractivity contribution is -0.143. The molecule has 4 unspecified atom stereocenters. The largest absolute Gasteiger partial charge is 0.481 e. The number of nitrogens with two attached hydrogens (primary N) is 1. The number of hydrogen-bond acceptors (Lipinski definition) is 6. The van der Waals surface area contributed by atoms with Gasteiger partial charge in [0.15, 0.2) is 0 Å². The minimum absolute atomic E-state index is 0.00763. The predicted octanol–water partition coefficient (Wildman–Crippen LogP) is 0.859. The first-order valence-electron chi connectivity index (χ1n) is 12.6. The maximum atomic E-state index is 13.2. The first-order chi connectivity index (χ1) is 18.5. The third-order valence-corrected chi connectivity index (χ3v) is 5.88. The van der Waals surface area contributed by atoms with Crippen LogP contribution in [0.2, 0.25) is 0 Å². The van der Waals surface area contributed by atoms with E-state index in [1.807, 2.05) is 19.9 Å². The Balaban J connectivity index is 2.20. The zero-order valence-corrected chi connectivity index (χ0v) is 22.0. The van der Waals surface area contributed by atoms with Crippen LogP contribution in [0.15, 0.2) is 60.7 Å². The number of aliphatic carboxylic acids is 2. The number of carbonyl (C=O) groups is 5. The standard InChI is InChI=1S/C28H36N4O7/c1-17(2)13-23(28(38)39)32-26(36)21(15-19-11-7-4-8-12-19)31-27(37)22(16-24(33)34)30-25(35)20(29)14-18-9-5-3-6-10-18/h3-12,17,20-23H,13-16,29H2,1-2H3,(H,30,35)(H,31,37)(H,32,36)(H,33,34)(H,38,39). The maximum absolute atomic E-state index is 13.2. The fraction of sp³-hybridized carbons (Fsp3) is 0.393. The highest BCUT2D eigenvalue weighted by Crippen LogP contribution is 2.09. The summed E-state index contributed by atoms with van der Waals surface area (Å²) in [5.41, 5.74) is 7.46. The zero-order valence-electron chi connectivity index (χ0n) is 22.0. The van der Waals surface area contributed by atoms with E-state index in [4.69, 9.17) is 5.73 Å². The van der Waals surface area contributed by atoms with E-state index >= 15 is 0 Å². The van der Waals surface area contributed by atoms with Gasteiger partial charge in [-0.3, -0.25) is 19.2 Å². The molecule has 7 N–H and O–H groups in total. The SMILES string of the molecule is CC(C)CC(NC(=O)C(Cc1ccccc1)NC(=O)C(CC(=O)O)NC(=O)C(N)Cc1ccccc1)C(=O)O. The van der Waals surface area contributed by atoms with Gasteiger partial charge in [-0.1, -0.05) is 74.5 Å². The molecule has 3 amide bonds. The Kier molecular flexibility index (Phi) is 12.1. The molecule has 4 atom stereocenters. The quantitative estimate of drug-likeness (QED) is 0.192. The Morgan fingerprint density at radius 1 is 0.692 bits per heavy atom. The summed E-state index contributed by atoms with van der Waals surface area (Å²) in [4.78, 5) is 62.2. The van der Waals surface area contributed by atoms with Crippen LogP contribution >= 0.6 is 0 Å². The van der Waals surface area contributed by atoms with Gasteiger partial charge in [-0.25, -0.2) is 4.79 Å². The van der Waals surface area contributed by atoms with Crippen LogP contribution in [0.5, 0.6) is 0 Å².